The van der Waals surface area contributed by atoms with Gasteiger partial charge in [-0.3, -0.25) is 4.79 Å². The molecule has 2 aliphatic rings. The van der Waals surface area contributed by atoms with E-state index in [1.807, 2.05) is 0 Å². The molecule has 0 aromatic heterocycles. The Bertz CT molecular complexity index is 242. The van der Waals surface area contributed by atoms with Crippen molar-refractivity contribution in [3.8, 4) is 0 Å². The van der Waals surface area contributed by atoms with Gasteiger partial charge in [0.05, 0.1) is 0 Å². The van der Waals surface area contributed by atoms with Crippen molar-refractivity contribution in [1.29, 1.82) is 0 Å². The van der Waals surface area contributed by atoms with Crippen LogP contribution in [0.2, 0.25) is 0 Å². The fourth-order valence-electron chi connectivity index (χ4n) is 3.14. The van der Waals surface area contributed by atoms with Crippen molar-refractivity contribution < 1.29 is 9.90 Å². The summed E-state index contributed by atoms with van der Waals surface area (Å²) >= 11 is 0. The lowest BCUT2D eigenvalue weighted by Gasteiger charge is -2.33. The third-order valence-corrected chi connectivity index (χ3v) is 3.97. The summed E-state index contributed by atoms with van der Waals surface area (Å²) in [5, 5.41) is 9.00. The molecule has 4 heteroatoms. The van der Waals surface area contributed by atoms with Crippen molar-refractivity contribution in [2.24, 2.45) is 23.5 Å². The van der Waals surface area contributed by atoms with Gasteiger partial charge in [-0.1, -0.05) is 6.42 Å². The van der Waals surface area contributed by atoms with Gasteiger partial charge in [0, 0.05) is 0 Å². The minimum absolute atomic E-state index is 0. The van der Waals surface area contributed by atoms with E-state index in [4.69, 9.17) is 10.8 Å². The van der Waals surface area contributed by atoms with Crippen molar-refractivity contribution in [2.75, 3.05) is 0 Å². The molecule has 2 rings (SSSR count). The van der Waals surface area contributed by atoms with Gasteiger partial charge in [0.2, 0.25) is 0 Å². The lowest BCUT2D eigenvalue weighted by molar-refractivity contribution is -0.145. The predicted octanol–water partition coefficient (Wildman–Crippen LogP) is 1.65. The van der Waals surface area contributed by atoms with Gasteiger partial charge in [-0.05, 0) is 43.9 Å². The number of aliphatic carboxylic acids is 1. The minimum Gasteiger partial charge on any atom is -0.480 e. The van der Waals surface area contributed by atoms with Gasteiger partial charge in [-0.15, -0.1) is 12.4 Å². The van der Waals surface area contributed by atoms with Gasteiger partial charge in [0.25, 0.3) is 0 Å². The number of carbonyl (C=O) groups is 1. The normalized spacial score (nSPS) is 38.9. The average Bonchev–Trinajstić information content (AvgIpc) is 2.63. The zero-order valence-electron chi connectivity index (χ0n) is 8.40. The lowest BCUT2D eigenvalue weighted by Crippen LogP contribution is -2.53. The Morgan fingerprint density at radius 2 is 2.07 bits per heavy atom. The summed E-state index contributed by atoms with van der Waals surface area (Å²) in [6.07, 6.45) is 4.72. The van der Waals surface area contributed by atoms with Crippen LogP contribution in [0.3, 0.4) is 0 Å². The molecule has 0 aromatic carbocycles. The van der Waals surface area contributed by atoms with E-state index in [0.29, 0.717) is 5.92 Å². The predicted molar refractivity (Wildman–Crippen MR) is 56.4 cm³/mol. The molecular weight excluding hydrogens is 202 g/mol. The smallest absolute Gasteiger partial charge is 0.323 e. The summed E-state index contributed by atoms with van der Waals surface area (Å²) in [5.74, 6) is 0.710. The first-order valence-corrected chi connectivity index (χ1v) is 5.04. The van der Waals surface area contributed by atoms with E-state index in [1.54, 1.807) is 6.92 Å². The van der Waals surface area contributed by atoms with Gasteiger partial charge >= 0.3 is 5.97 Å². The molecule has 0 heterocycles. The molecule has 3 N–H and O–H groups in total. The van der Waals surface area contributed by atoms with Gasteiger partial charge in [-0.2, -0.15) is 0 Å². The Labute approximate surface area is 90.5 Å². The number of fused-ring (bicyclic) bond motifs is 2. The van der Waals surface area contributed by atoms with Crippen LogP contribution in [0.25, 0.3) is 0 Å². The molecule has 0 aromatic rings. The summed E-state index contributed by atoms with van der Waals surface area (Å²) in [7, 11) is 0. The Hall–Kier alpha value is -0.280. The van der Waals surface area contributed by atoms with Crippen molar-refractivity contribution in [3.63, 3.8) is 0 Å². The van der Waals surface area contributed by atoms with Gasteiger partial charge in [0.15, 0.2) is 0 Å². The first kappa shape index (κ1) is 11.8. The molecule has 3 nitrogen and oxygen atoms in total. The number of carboxylic acid groups (broad SMARTS) is 1. The highest BCUT2D eigenvalue weighted by atomic mass is 35.5. The SMILES string of the molecule is CC(N)(C(=O)O)C1CC2CCC1C2.Cl. The zero-order chi connectivity index (χ0) is 9.64. The van der Waals surface area contributed by atoms with E-state index < -0.39 is 11.5 Å². The van der Waals surface area contributed by atoms with Crippen LogP contribution in [0.15, 0.2) is 0 Å². The summed E-state index contributed by atoms with van der Waals surface area (Å²) in [4.78, 5) is 11.0. The summed E-state index contributed by atoms with van der Waals surface area (Å²) in [6.45, 7) is 1.67. The first-order valence-electron chi connectivity index (χ1n) is 5.04. The zero-order valence-corrected chi connectivity index (χ0v) is 9.22. The van der Waals surface area contributed by atoms with Crippen molar-refractivity contribution in [1.82, 2.24) is 0 Å². The monoisotopic (exact) mass is 219 g/mol. The molecule has 0 aliphatic heterocycles. The van der Waals surface area contributed by atoms with E-state index >= 15 is 0 Å². The van der Waals surface area contributed by atoms with Crippen LogP contribution < -0.4 is 5.73 Å². The Kier molecular flexibility index (Phi) is 3.12. The minimum atomic E-state index is -1.00. The number of carboxylic acids is 1. The molecular formula is C10H18ClNO2. The molecule has 2 saturated carbocycles. The van der Waals surface area contributed by atoms with Crippen LogP contribution in [-0.2, 0) is 4.79 Å². The molecule has 82 valence electrons. The lowest BCUT2D eigenvalue weighted by atomic mass is 9.75. The Morgan fingerprint density at radius 1 is 1.43 bits per heavy atom. The molecule has 0 amide bonds. The third kappa shape index (κ3) is 1.63. The average molecular weight is 220 g/mol. The molecule has 14 heavy (non-hydrogen) atoms. The molecule has 2 bridgehead atoms. The maximum atomic E-state index is 11.0. The highest BCUT2D eigenvalue weighted by molar-refractivity contribution is 5.85. The topological polar surface area (TPSA) is 63.3 Å². The fraction of sp³-hybridized carbons (Fsp3) is 0.900. The standard InChI is InChI=1S/C10H17NO2.ClH/c1-10(11,9(12)13)8-5-6-2-3-7(8)4-6;/h6-8H,2-5,11H2,1H3,(H,12,13);1H. The second-order valence-corrected chi connectivity index (χ2v) is 4.87. The Morgan fingerprint density at radius 3 is 2.43 bits per heavy atom. The number of hydrogen-bond acceptors (Lipinski definition) is 2. The first-order chi connectivity index (χ1) is 6.01. The van der Waals surface area contributed by atoms with Crippen LogP contribution in [0, 0.1) is 17.8 Å². The highest BCUT2D eigenvalue weighted by Crippen LogP contribution is 2.51. The van der Waals surface area contributed by atoms with E-state index in [9.17, 15) is 4.79 Å². The van der Waals surface area contributed by atoms with Gasteiger partial charge in [-0.25, -0.2) is 0 Å². The molecule has 0 radical (unpaired) electrons. The maximum absolute atomic E-state index is 11.0. The summed E-state index contributed by atoms with van der Waals surface area (Å²) < 4.78 is 0. The van der Waals surface area contributed by atoms with Crippen LogP contribution in [-0.4, -0.2) is 16.6 Å². The van der Waals surface area contributed by atoms with Crippen molar-refractivity contribution >= 4 is 18.4 Å². The van der Waals surface area contributed by atoms with Crippen molar-refractivity contribution in [2.45, 2.75) is 38.1 Å². The largest absolute Gasteiger partial charge is 0.480 e. The summed E-state index contributed by atoms with van der Waals surface area (Å²) in [6, 6.07) is 0. The van der Waals surface area contributed by atoms with E-state index in [0.717, 1.165) is 12.3 Å². The van der Waals surface area contributed by atoms with E-state index in [2.05, 4.69) is 0 Å². The molecule has 4 unspecified atom stereocenters. The molecule has 0 spiro atoms. The molecule has 2 fully saturated rings. The summed E-state index contributed by atoms with van der Waals surface area (Å²) in [5.41, 5.74) is 4.85. The quantitative estimate of drug-likeness (QED) is 0.742. The molecule has 2 aliphatic carbocycles. The van der Waals surface area contributed by atoms with E-state index in [1.165, 1.54) is 19.3 Å². The number of rotatable bonds is 2. The fourth-order valence-corrected chi connectivity index (χ4v) is 3.14. The third-order valence-electron chi connectivity index (χ3n) is 3.97. The van der Waals surface area contributed by atoms with Gasteiger partial charge in [0.1, 0.15) is 5.54 Å². The number of nitrogens with two attached hydrogens (primary N) is 1. The van der Waals surface area contributed by atoms with Gasteiger partial charge < -0.3 is 10.8 Å². The van der Waals surface area contributed by atoms with Crippen LogP contribution in [0.1, 0.15) is 32.6 Å². The second kappa shape index (κ2) is 3.70. The number of hydrogen-bond donors (Lipinski definition) is 2. The molecule has 0 saturated heterocycles. The van der Waals surface area contributed by atoms with E-state index in [-0.39, 0.29) is 18.3 Å². The van der Waals surface area contributed by atoms with Crippen LogP contribution in [0.4, 0.5) is 0 Å². The van der Waals surface area contributed by atoms with Crippen molar-refractivity contribution in [3.05, 3.63) is 0 Å². The second-order valence-electron chi connectivity index (χ2n) is 4.87. The van der Waals surface area contributed by atoms with Crippen LogP contribution >= 0.6 is 12.4 Å². The molecule has 4 atom stereocenters. The van der Waals surface area contributed by atoms with Crippen LogP contribution in [0.5, 0.6) is 0 Å². The number of halogens is 1. The Balaban J connectivity index is 0.000000980. The maximum Gasteiger partial charge on any atom is 0.323 e. The highest BCUT2D eigenvalue weighted by Gasteiger charge is 2.50.